The van der Waals surface area contributed by atoms with Crippen LogP contribution >= 0.6 is 0 Å². The highest BCUT2D eigenvalue weighted by Gasteiger charge is 2.65. The van der Waals surface area contributed by atoms with E-state index >= 15 is 0 Å². The third-order valence-electron chi connectivity index (χ3n) is 10.1. The van der Waals surface area contributed by atoms with Gasteiger partial charge in [0.25, 0.3) is 0 Å². The maximum atomic E-state index is 11.6. The van der Waals surface area contributed by atoms with E-state index in [2.05, 4.69) is 32.9 Å². The quantitative estimate of drug-likeness (QED) is 0.540. The standard InChI is InChI=1S/C25H40O4/c1-15(8-11-22(28)29-4)17-9-10-18-23-19(14-21(27)25(17,18)3)24(2)12-6-5-7-16(24)13-20(23)26/h5,7,15-21,23,26-27H,6,8-14H2,1-4H3/t15-,16+,17-,18+,19-,20-,21+,23+,24+,25-/m1/s1. The molecule has 4 heteroatoms. The Morgan fingerprint density at radius 3 is 2.69 bits per heavy atom. The fourth-order valence-corrected chi connectivity index (χ4v) is 8.37. The van der Waals surface area contributed by atoms with E-state index in [0.717, 1.165) is 38.5 Å². The van der Waals surface area contributed by atoms with Crippen molar-refractivity contribution in [3.05, 3.63) is 12.2 Å². The largest absolute Gasteiger partial charge is 0.469 e. The Balaban J connectivity index is 1.59. The van der Waals surface area contributed by atoms with Gasteiger partial charge < -0.3 is 14.9 Å². The smallest absolute Gasteiger partial charge is 0.305 e. The topological polar surface area (TPSA) is 66.8 Å². The lowest BCUT2D eigenvalue weighted by Crippen LogP contribution is -2.61. The Hall–Kier alpha value is -0.870. The Bertz CT molecular complexity index is 659. The number of ether oxygens (including phenoxy) is 1. The van der Waals surface area contributed by atoms with Gasteiger partial charge in [0, 0.05) is 6.42 Å². The van der Waals surface area contributed by atoms with Crippen molar-refractivity contribution in [1.82, 2.24) is 0 Å². The highest BCUT2D eigenvalue weighted by atomic mass is 16.5. The first-order chi connectivity index (χ1) is 13.7. The molecule has 0 spiro atoms. The number of allylic oxidation sites excluding steroid dienone is 2. The van der Waals surface area contributed by atoms with E-state index in [1.165, 1.54) is 13.5 Å². The molecule has 164 valence electrons. The Labute approximate surface area is 176 Å². The van der Waals surface area contributed by atoms with E-state index < -0.39 is 0 Å². The van der Waals surface area contributed by atoms with Gasteiger partial charge in [0.1, 0.15) is 0 Å². The van der Waals surface area contributed by atoms with Gasteiger partial charge in [-0.25, -0.2) is 0 Å². The number of fused-ring (bicyclic) bond motifs is 5. The predicted molar refractivity (Wildman–Crippen MR) is 113 cm³/mol. The summed E-state index contributed by atoms with van der Waals surface area (Å²) < 4.78 is 4.84. The third-order valence-corrected chi connectivity index (χ3v) is 10.1. The van der Waals surface area contributed by atoms with Crippen molar-refractivity contribution in [3.8, 4) is 0 Å². The fraction of sp³-hybridized carbons (Fsp3) is 0.880. The van der Waals surface area contributed by atoms with Crippen LogP contribution < -0.4 is 0 Å². The van der Waals surface area contributed by atoms with Crippen molar-refractivity contribution in [2.24, 2.45) is 46.3 Å². The molecular weight excluding hydrogens is 364 g/mol. The number of methoxy groups -OCH3 is 1. The van der Waals surface area contributed by atoms with E-state index in [1.54, 1.807) is 0 Å². The van der Waals surface area contributed by atoms with Crippen LogP contribution in [0.15, 0.2) is 12.2 Å². The molecule has 3 fully saturated rings. The molecule has 4 aliphatic rings. The lowest BCUT2D eigenvalue weighted by atomic mass is 9.44. The number of aliphatic hydroxyl groups excluding tert-OH is 2. The minimum Gasteiger partial charge on any atom is -0.469 e. The summed E-state index contributed by atoms with van der Waals surface area (Å²) >= 11 is 0. The molecular formula is C25H40O4. The van der Waals surface area contributed by atoms with Gasteiger partial charge in [-0.1, -0.05) is 32.9 Å². The molecule has 0 aromatic carbocycles. The van der Waals surface area contributed by atoms with Gasteiger partial charge in [0.15, 0.2) is 0 Å². The number of aliphatic hydroxyl groups is 2. The first-order valence-electron chi connectivity index (χ1n) is 11.8. The Morgan fingerprint density at radius 1 is 1.21 bits per heavy atom. The van der Waals surface area contributed by atoms with Crippen LogP contribution in [-0.4, -0.2) is 35.5 Å². The van der Waals surface area contributed by atoms with Crippen LogP contribution in [0.3, 0.4) is 0 Å². The van der Waals surface area contributed by atoms with Gasteiger partial charge in [-0.2, -0.15) is 0 Å². The molecule has 0 heterocycles. The SMILES string of the molecule is COC(=O)CC[C@@H](C)[C@H]1CC[C@H]2[C@@H]3[C@H](O)C[C@@H]4C=CCC[C@]4(C)[C@@H]3C[C@H](O)[C@]12C. The molecule has 0 amide bonds. The fourth-order valence-electron chi connectivity index (χ4n) is 8.37. The maximum Gasteiger partial charge on any atom is 0.305 e. The third kappa shape index (κ3) is 3.20. The second-order valence-corrected chi connectivity index (χ2v) is 11.1. The number of carbonyl (C=O) groups is 1. The molecule has 4 rings (SSSR count). The zero-order chi connectivity index (χ0) is 21.0. The molecule has 0 aromatic heterocycles. The maximum absolute atomic E-state index is 11.6. The monoisotopic (exact) mass is 404 g/mol. The highest BCUT2D eigenvalue weighted by Crippen LogP contribution is 2.67. The number of rotatable bonds is 4. The summed E-state index contributed by atoms with van der Waals surface area (Å²) in [5, 5.41) is 22.8. The van der Waals surface area contributed by atoms with Crippen LogP contribution in [0.5, 0.6) is 0 Å². The van der Waals surface area contributed by atoms with E-state index in [1.807, 2.05) is 0 Å². The highest BCUT2D eigenvalue weighted by molar-refractivity contribution is 5.69. The van der Waals surface area contributed by atoms with Gasteiger partial charge in [-0.3, -0.25) is 4.79 Å². The molecule has 2 N–H and O–H groups in total. The summed E-state index contributed by atoms with van der Waals surface area (Å²) in [6.45, 7) is 6.94. The van der Waals surface area contributed by atoms with Crippen molar-refractivity contribution >= 4 is 5.97 Å². The normalized spacial score (nSPS) is 49.7. The van der Waals surface area contributed by atoms with Crippen LogP contribution in [0, 0.1) is 46.3 Å². The predicted octanol–water partition coefficient (Wildman–Crippen LogP) is 4.34. The van der Waals surface area contributed by atoms with Crippen molar-refractivity contribution in [2.45, 2.75) is 84.3 Å². The second-order valence-electron chi connectivity index (χ2n) is 11.1. The molecule has 3 saturated carbocycles. The number of hydrogen-bond acceptors (Lipinski definition) is 4. The van der Waals surface area contributed by atoms with E-state index in [-0.39, 0.29) is 29.0 Å². The molecule has 10 atom stereocenters. The summed E-state index contributed by atoms with van der Waals surface area (Å²) in [5.74, 6) is 2.15. The molecule has 0 saturated heterocycles. The van der Waals surface area contributed by atoms with Crippen LogP contribution in [-0.2, 0) is 9.53 Å². The van der Waals surface area contributed by atoms with Crippen LogP contribution in [0.25, 0.3) is 0 Å². The summed E-state index contributed by atoms with van der Waals surface area (Å²) in [6, 6.07) is 0. The van der Waals surface area contributed by atoms with E-state index in [9.17, 15) is 15.0 Å². The van der Waals surface area contributed by atoms with Crippen molar-refractivity contribution in [2.75, 3.05) is 7.11 Å². The molecule has 29 heavy (non-hydrogen) atoms. The number of carbonyl (C=O) groups excluding carboxylic acids is 1. The average Bonchev–Trinajstić information content (AvgIpc) is 3.05. The van der Waals surface area contributed by atoms with Gasteiger partial charge in [0.2, 0.25) is 0 Å². The lowest BCUT2D eigenvalue weighted by Gasteiger charge is -2.62. The molecule has 0 aliphatic heterocycles. The first-order valence-corrected chi connectivity index (χ1v) is 11.8. The summed E-state index contributed by atoms with van der Waals surface area (Å²) in [5.41, 5.74) is 0.0426. The number of hydrogen-bond donors (Lipinski definition) is 2. The van der Waals surface area contributed by atoms with Gasteiger partial charge in [0.05, 0.1) is 19.3 Å². The average molecular weight is 405 g/mol. The van der Waals surface area contributed by atoms with Gasteiger partial charge in [-0.15, -0.1) is 0 Å². The molecule has 4 nitrogen and oxygen atoms in total. The molecule has 0 bridgehead atoms. The minimum atomic E-state index is -0.324. The van der Waals surface area contributed by atoms with E-state index in [4.69, 9.17) is 4.74 Å². The van der Waals surface area contributed by atoms with Gasteiger partial charge >= 0.3 is 5.97 Å². The summed E-state index contributed by atoms with van der Waals surface area (Å²) in [6.07, 6.45) is 11.5. The van der Waals surface area contributed by atoms with Crippen molar-refractivity contribution in [3.63, 3.8) is 0 Å². The zero-order valence-electron chi connectivity index (χ0n) is 18.6. The van der Waals surface area contributed by atoms with Crippen molar-refractivity contribution < 1.29 is 19.7 Å². The van der Waals surface area contributed by atoms with Crippen LogP contribution in [0.2, 0.25) is 0 Å². The lowest BCUT2D eigenvalue weighted by molar-refractivity contribution is -0.191. The molecule has 0 aromatic rings. The first kappa shape index (κ1) is 21.4. The molecule has 0 radical (unpaired) electrons. The zero-order valence-corrected chi connectivity index (χ0v) is 18.6. The molecule has 4 aliphatic carbocycles. The van der Waals surface area contributed by atoms with Crippen LogP contribution in [0.1, 0.15) is 72.1 Å². The van der Waals surface area contributed by atoms with Gasteiger partial charge in [-0.05, 0) is 91.3 Å². The summed E-state index contributed by atoms with van der Waals surface area (Å²) in [7, 11) is 1.45. The van der Waals surface area contributed by atoms with Crippen LogP contribution in [0.4, 0.5) is 0 Å². The Morgan fingerprint density at radius 2 is 1.97 bits per heavy atom. The Kier molecular flexibility index (Phi) is 5.65. The summed E-state index contributed by atoms with van der Waals surface area (Å²) in [4.78, 5) is 11.6. The minimum absolute atomic E-state index is 0.146. The number of esters is 1. The second kappa shape index (κ2) is 7.67. The van der Waals surface area contributed by atoms with E-state index in [0.29, 0.717) is 41.9 Å². The molecule has 0 unspecified atom stereocenters. The van der Waals surface area contributed by atoms with Crippen molar-refractivity contribution in [1.29, 1.82) is 0 Å².